The van der Waals surface area contributed by atoms with E-state index >= 15 is 0 Å². The summed E-state index contributed by atoms with van der Waals surface area (Å²) in [6, 6.07) is 0. The number of thiophene rings is 1. The molecule has 0 saturated carbocycles. The van der Waals surface area contributed by atoms with E-state index < -0.39 is 0 Å². The molecule has 0 unspecified atom stereocenters. The van der Waals surface area contributed by atoms with E-state index in [1.807, 2.05) is 4.90 Å². The van der Waals surface area contributed by atoms with E-state index in [0.29, 0.717) is 38.0 Å². The molecule has 0 N–H and O–H groups in total. The van der Waals surface area contributed by atoms with Crippen molar-refractivity contribution in [3.05, 3.63) is 39.2 Å². The number of morpholine rings is 1. The Bertz CT molecular complexity index is 998. The van der Waals surface area contributed by atoms with Crippen LogP contribution in [0.15, 0.2) is 28.3 Å². The van der Waals surface area contributed by atoms with Gasteiger partial charge >= 0.3 is 0 Å². The highest BCUT2D eigenvalue weighted by Crippen LogP contribution is 2.34. The van der Waals surface area contributed by atoms with Gasteiger partial charge in [-0.3, -0.25) is 14.2 Å². The van der Waals surface area contributed by atoms with Crippen LogP contribution < -0.4 is 5.56 Å². The van der Waals surface area contributed by atoms with E-state index in [1.54, 1.807) is 22.0 Å². The molecule has 1 amide bonds. The van der Waals surface area contributed by atoms with Gasteiger partial charge in [0.2, 0.25) is 5.91 Å². The second-order valence-corrected chi connectivity index (χ2v) is 8.92. The van der Waals surface area contributed by atoms with Crippen LogP contribution in [0.1, 0.15) is 23.3 Å². The maximum atomic E-state index is 13.3. The highest BCUT2D eigenvalue weighted by atomic mass is 32.2. The molecule has 148 valence electrons. The fraction of sp³-hybridized carbons (Fsp3) is 0.500. The minimum atomic E-state index is -0.0165. The van der Waals surface area contributed by atoms with Crippen molar-refractivity contribution in [2.24, 2.45) is 0 Å². The molecule has 0 bridgehead atoms. The summed E-state index contributed by atoms with van der Waals surface area (Å²) in [4.78, 5) is 34.5. The molecule has 1 aliphatic heterocycles. The second-order valence-electron chi connectivity index (χ2n) is 6.89. The molecule has 0 aromatic carbocycles. The summed E-state index contributed by atoms with van der Waals surface area (Å²) in [5, 5.41) is 1.35. The topological polar surface area (TPSA) is 64.4 Å². The maximum Gasteiger partial charge on any atom is 0.263 e. The summed E-state index contributed by atoms with van der Waals surface area (Å²) in [6.45, 7) is 6.36. The van der Waals surface area contributed by atoms with E-state index in [-0.39, 0.29) is 17.2 Å². The summed E-state index contributed by atoms with van der Waals surface area (Å²) >= 11 is 2.97. The number of aromatic nitrogens is 2. The van der Waals surface area contributed by atoms with Crippen molar-refractivity contribution in [2.45, 2.75) is 37.4 Å². The van der Waals surface area contributed by atoms with Gasteiger partial charge in [-0.25, -0.2) is 4.98 Å². The number of ether oxygens (including phenoxy) is 1. The quantitative estimate of drug-likeness (QED) is 0.425. The maximum absolute atomic E-state index is 13.3. The fourth-order valence-electron chi connectivity index (χ4n) is 3.68. The van der Waals surface area contributed by atoms with Gasteiger partial charge in [0.05, 0.1) is 30.9 Å². The van der Waals surface area contributed by atoms with Gasteiger partial charge in [0.25, 0.3) is 5.56 Å². The lowest BCUT2D eigenvalue weighted by molar-refractivity contribution is -0.132. The number of carbonyl (C=O) groups is 1. The Morgan fingerprint density at radius 1 is 1.32 bits per heavy atom. The molecule has 0 radical (unpaired) electrons. The molecule has 1 fully saturated rings. The number of hydrogen-bond donors (Lipinski definition) is 0. The number of hydrogen-bond acceptors (Lipinski definition) is 6. The second kappa shape index (κ2) is 8.66. The Balaban J connectivity index is 1.66. The summed E-state index contributed by atoms with van der Waals surface area (Å²) in [5.74, 6) is 0.319. The number of rotatable bonds is 5. The summed E-state index contributed by atoms with van der Waals surface area (Å²) < 4.78 is 6.96. The van der Waals surface area contributed by atoms with Gasteiger partial charge in [-0.1, -0.05) is 18.3 Å². The molecule has 3 heterocycles. The average molecular weight is 418 g/mol. The molecule has 4 rings (SSSR count). The zero-order chi connectivity index (χ0) is 19.5. The van der Waals surface area contributed by atoms with Crippen LogP contribution in [0.2, 0.25) is 0 Å². The first kappa shape index (κ1) is 19.5. The molecular weight excluding hydrogens is 394 g/mol. The smallest absolute Gasteiger partial charge is 0.263 e. The summed E-state index contributed by atoms with van der Waals surface area (Å²) in [5.41, 5.74) is 3.90. The van der Waals surface area contributed by atoms with Crippen molar-refractivity contribution < 1.29 is 9.53 Å². The highest BCUT2D eigenvalue weighted by molar-refractivity contribution is 7.99. The van der Waals surface area contributed by atoms with Gasteiger partial charge < -0.3 is 9.64 Å². The molecule has 0 atom stereocenters. The lowest BCUT2D eigenvalue weighted by atomic mass is 9.97. The number of aryl methyl sites for hydroxylation is 2. The SMILES string of the molecule is C=C=CCn1c(SCC(=O)N2CCOCC2)nc2sc3c(c2c1=O)CCCC3. The molecule has 2 aliphatic rings. The molecule has 1 aliphatic carbocycles. The predicted molar refractivity (Wildman–Crippen MR) is 112 cm³/mol. The van der Waals surface area contributed by atoms with Crippen molar-refractivity contribution >= 4 is 39.2 Å². The van der Waals surface area contributed by atoms with Crippen LogP contribution in [0, 0.1) is 0 Å². The van der Waals surface area contributed by atoms with E-state index in [0.717, 1.165) is 29.5 Å². The van der Waals surface area contributed by atoms with Crippen molar-refractivity contribution in [3.63, 3.8) is 0 Å². The van der Waals surface area contributed by atoms with E-state index in [2.05, 4.69) is 12.3 Å². The van der Waals surface area contributed by atoms with Crippen LogP contribution in [0.25, 0.3) is 10.2 Å². The first-order valence-corrected chi connectivity index (χ1v) is 11.4. The van der Waals surface area contributed by atoms with E-state index in [1.165, 1.54) is 28.6 Å². The van der Waals surface area contributed by atoms with Gasteiger partial charge in [-0.15, -0.1) is 17.1 Å². The fourth-order valence-corrected chi connectivity index (χ4v) is 5.89. The van der Waals surface area contributed by atoms with E-state index in [9.17, 15) is 9.59 Å². The average Bonchev–Trinajstić information content (AvgIpc) is 3.10. The van der Waals surface area contributed by atoms with Crippen molar-refractivity contribution in [2.75, 3.05) is 32.1 Å². The van der Waals surface area contributed by atoms with Gasteiger partial charge in [-0.2, -0.15) is 0 Å². The summed E-state index contributed by atoms with van der Waals surface area (Å²) in [7, 11) is 0. The Morgan fingerprint density at radius 3 is 2.89 bits per heavy atom. The molecular formula is C20H23N3O3S2. The Labute approximate surface area is 171 Å². The Hall–Kier alpha value is -1.86. The largest absolute Gasteiger partial charge is 0.378 e. The Kier molecular flexibility index (Phi) is 6.01. The standard InChI is InChI=1S/C20H23N3O3S2/c1-2-3-8-23-19(25)17-14-6-4-5-7-15(14)28-18(17)21-20(23)27-13-16(24)22-9-11-26-12-10-22/h3H,1,4-13H2. The predicted octanol–water partition coefficient (Wildman–Crippen LogP) is 2.63. The molecule has 8 heteroatoms. The number of carbonyl (C=O) groups excluding carboxylic acids is 1. The third-order valence-corrected chi connectivity index (χ3v) is 7.29. The zero-order valence-corrected chi connectivity index (χ0v) is 17.4. The Morgan fingerprint density at radius 2 is 2.11 bits per heavy atom. The van der Waals surface area contributed by atoms with Crippen LogP contribution in [-0.4, -0.2) is 52.4 Å². The lowest BCUT2D eigenvalue weighted by Gasteiger charge is -2.26. The van der Waals surface area contributed by atoms with Crippen LogP contribution in [0.4, 0.5) is 0 Å². The van der Waals surface area contributed by atoms with Gasteiger partial charge in [-0.05, 0) is 37.3 Å². The normalized spacial score (nSPS) is 16.6. The number of nitrogens with zero attached hydrogens (tertiary/aromatic N) is 3. The minimum absolute atomic E-state index is 0.0165. The first-order chi connectivity index (χ1) is 13.7. The number of allylic oxidation sites excluding steroid dienone is 1. The van der Waals surface area contributed by atoms with Crippen molar-refractivity contribution in [3.8, 4) is 0 Å². The van der Waals surface area contributed by atoms with Crippen LogP contribution in [0.5, 0.6) is 0 Å². The number of fused-ring (bicyclic) bond motifs is 3. The minimum Gasteiger partial charge on any atom is -0.378 e. The third kappa shape index (κ3) is 3.82. The van der Waals surface area contributed by atoms with Gasteiger partial charge in [0, 0.05) is 18.0 Å². The van der Waals surface area contributed by atoms with Crippen LogP contribution in [0.3, 0.4) is 0 Å². The van der Waals surface area contributed by atoms with Gasteiger partial charge in [0.1, 0.15) is 4.83 Å². The monoisotopic (exact) mass is 417 g/mol. The number of amides is 1. The molecule has 0 spiro atoms. The van der Waals surface area contributed by atoms with E-state index in [4.69, 9.17) is 9.72 Å². The van der Waals surface area contributed by atoms with Crippen LogP contribution >= 0.6 is 23.1 Å². The highest BCUT2D eigenvalue weighted by Gasteiger charge is 2.23. The van der Waals surface area contributed by atoms with Crippen molar-refractivity contribution in [1.29, 1.82) is 0 Å². The van der Waals surface area contributed by atoms with Gasteiger partial charge in [0.15, 0.2) is 5.16 Å². The zero-order valence-electron chi connectivity index (χ0n) is 15.7. The third-order valence-electron chi connectivity index (χ3n) is 5.15. The number of thioether (sulfide) groups is 1. The molecule has 1 saturated heterocycles. The molecule has 2 aromatic rings. The molecule has 28 heavy (non-hydrogen) atoms. The summed E-state index contributed by atoms with van der Waals surface area (Å²) in [6.07, 6.45) is 5.99. The first-order valence-electron chi connectivity index (χ1n) is 9.56. The van der Waals surface area contributed by atoms with Crippen LogP contribution in [-0.2, 0) is 28.9 Å². The molecule has 2 aromatic heterocycles. The lowest BCUT2D eigenvalue weighted by Crippen LogP contribution is -2.41. The molecule has 6 nitrogen and oxygen atoms in total. The van der Waals surface area contributed by atoms with Crippen molar-refractivity contribution in [1.82, 2.24) is 14.5 Å².